The fourth-order valence-electron chi connectivity index (χ4n) is 2.49. The van der Waals surface area contributed by atoms with E-state index in [9.17, 15) is 4.79 Å². The number of ether oxygens (including phenoxy) is 3. The van der Waals surface area contributed by atoms with Crippen LogP contribution in [0.3, 0.4) is 0 Å². The summed E-state index contributed by atoms with van der Waals surface area (Å²) in [5, 5.41) is 4.99. The number of carbonyl (C=O) groups is 1. The van der Waals surface area contributed by atoms with E-state index in [4.69, 9.17) is 14.2 Å². The molecule has 8 heteroatoms. The Morgan fingerprint density at radius 2 is 1.81 bits per heavy atom. The minimum Gasteiger partial charge on any atom is -0.493 e. The van der Waals surface area contributed by atoms with Gasteiger partial charge in [-0.25, -0.2) is 0 Å². The maximum absolute atomic E-state index is 12.3. The fraction of sp³-hybridized carbons (Fsp3) is 0.389. The third kappa shape index (κ3) is 5.62. The van der Waals surface area contributed by atoms with Crippen LogP contribution in [0.15, 0.2) is 27.4 Å². The Labute approximate surface area is 166 Å². The lowest BCUT2D eigenvalue weighted by molar-refractivity contribution is -0.116. The Bertz CT molecular complexity index is 726. The van der Waals surface area contributed by atoms with E-state index in [0.29, 0.717) is 35.9 Å². The number of thiophene rings is 1. The van der Waals surface area contributed by atoms with E-state index in [1.165, 1.54) is 5.56 Å². The van der Waals surface area contributed by atoms with Crippen molar-refractivity contribution in [1.82, 2.24) is 4.90 Å². The number of amides is 1. The van der Waals surface area contributed by atoms with Crippen LogP contribution in [0.5, 0.6) is 17.2 Å². The van der Waals surface area contributed by atoms with Crippen LogP contribution >= 0.6 is 27.3 Å². The van der Waals surface area contributed by atoms with Crippen LogP contribution in [0.1, 0.15) is 12.0 Å². The molecule has 1 amide bonds. The molecule has 0 bridgehead atoms. The zero-order chi connectivity index (χ0) is 19.1. The molecule has 1 N–H and O–H groups in total. The molecule has 1 aromatic heterocycles. The lowest BCUT2D eigenvalue weighted by atomic mass is 10.2. The quantitative estimate of drug-likeness (QED) is 0.635. The molecule has 26 heavy (non-hydrogen) atoms. The predicted octanol–water partition coefficient (Wildman–Crippen LogP) is 4.00. The maximum Gasteiger partial charge on any atom is 0.225 e. The van der Waals surface area contributed by atoms with Gasteiger partial charge in [-0.2, -0.15) is 0 Å². The van der Waals surface area contributed by atoms with Gasteiger partial charge in [0.2, 0.25) is 11.7 Å². The smallest absolute Gasteiger partial charge is 0.225 e. The lowest BCUT2D eigenvalue weighted by Gasteiger charge is -2.17. The van der Waals surface area contributed by atoms with Gasteiger partial charge in [0.25, 0.3) is 0 Å². The summed E-state index contributed by atoms with van der Waals surface area (Å²) >= 11 is 5.12. The second-order valence-electron chi connectivity index (χ2n) is 5.71. The molecule has 0 saturated heterocycles. The molecular formula is C18H23BrN2O4S. The zero-order valence-electron chi connectivity index (χ0n) is 15.3. The molecule has 2 aromatic rings. The van der Waals surface area contributed by atoms with Gasteiger partial charge in [-0.3, -0.25) is 4.79 Å². The second kappa shape index (κ2) is 9.80. The van der Waals surface area contributed by atoms with Crippen LogP contribution in [0, 0.1) is 0 Å². The number of benzene rings is 1. The van der Waals surface area contributed by atoms with Gasteiger partial charge in [-0.05, 0) is 40.0 Å². The van der Waals surface area contributed by atoms with Gasteiger partial charge in [0.05, 0.1) is 25.1 Å². The van der Waals surface area contributed by atoms with E-state index in [1.54, 1.807) is 44.8 Å². The van der Waals surface area contributed by atoms with Crippen molar-refractivity contribution >= 4 is 38.9 Å². The molecule has 0 unspecified atom stereocenters. The molecule has 0 aliphatic rings. The molecule has 6 nitrogen and oxygen atoms in total. The van der Waals surface area contributed by atoms with E-state index in [0.717, 1.165) is 10.3 Å². The first-order chi connectivity index (χ1) is 12.5. The van der Waals surface area contributed by atoms with Gasteiger partial charge in [-0.15, -0.1) is 11.3 Å². The highest BCUT2D eigenvalue weighted by Gasteiger charge is 2.14. The van der Waals surface area contributed by atoms with Crippen LogP contribution in [0.4, 0.5) is 5.69 Å². The van der Waals surface area contributed by atoms with E-state index in [-0.39, 0.29) is 5.91 Å². The monoisotopic (exact) mass is 442 g/mol. The molecule has 2 rings (SSSR count). The molecular weight excluding hydrogens is 420 g/mol. The number of hydrogen-bond donors (Lipinski definition) is 1. The molecule has 1 aromatic carbocycles. The number of halogens is 1. The number of rotatable bonds is 9. The number of nitrogens with one attached hydrogen (secondary N) is 1. The summed E-state index contributed by atoms with van der Waals surface area (Å²) in [6.45, 7) is 1.46. The second-order valence-corrected chi connectivity index (χ2v) is 8.00. The van der Waals surface area contributed by atoms with Gasteiger partial charge < -0.3 is 24.4 Å². The van der Waals surface area contributed by atoms with Crippen molar-refractivity contribution in [1.29, 1.82) is 0 Å². The van der Waals surface area contributed by atoms with Crippen molar-refractivity contribution in [3.63, 3.8) is 0 Å². The molecule has 0 aliphatic heterocycles. The molecule has 1 heterocycles. The average molecular weight is 443 g/mol. The third-order valence-electron chi connectivity index (χ3n) is 3.74. The maximum atomic E-state index is 12.3. The standard InChI is InChI=1S/C18H23BrN2O4S/c1-21(10-12-7-16(19)26-11-12)6-5-17(22)20-13-8-14(23-2)18(25-4)15(9-13)24-3/h7-9,11H,5-6,10H2,1-4H3,(H,20,22). The minimum absolute atomic E-state index is 0.0716. The van der Waals surface area contributed by atoms with Crippen molar-refractivity contribution in [3.05, 3.63) is 32.9 Å². The third-order valence-corrected chi connectivity index (χ3v) is 5.30. The Balaban J connectivity index is 1.92. The first kappa shape index (κ1) is 20.5. The summed E-state index contributed by atoms with van der Waals surface area (Å²) in [6, 6.07) is 5.52. The molecule has 0 atom stereocenters. The lowest BCUT2D eigenvalue weighted by Crippen LogP contribution is -2.23. The number of anilines is 1. The number of carbonyl (C=O) groups excluding carboxylic acids is 1. The van der Waals surface area contributed by atoms with Gasteiger partial charge in [0, 0.05) is 37.3 Å². The van der Waals surface area contributed by atoms with Gasteiger partial charge >= 0.3 is 0 Å². The largest absolute Gasteiger partial charge is 0.493 e. The Morgan fingerprint density at radius 1 is 1.15 bits per heavy atom. The summed E-state index contributed by atoms with van der Waals surface area (Å²) in [4.78, 5) is 14.4. The number of nitrogens with zero attached hydrogens (tertiary/aromatic N) is 1. The summed E-state index contributed by atoms with van der Waals surface area (Å²) in [7, 11) is 6.63. The Hall–Kier alpha value is -1.77. The summed E-state index contributed by atoms with van der Waals surface area (Å²) < 4.78 is 17.0. The van der Waals surface area contributed by atoms with E-state index >= 15 is 0 Å². The van der Waals surface area contributed by atoms with Crippen molar-refractivity contribution in [2.75, 3.05) is 40.2 Å². The van der Waals surface area contributed by atoms with Crippen LogP contribution < -0.4 is 19.5 Å². The molecule has 142 valence electrons. The van der Waals surface area contributed by atoms with Crippen LogP contribution in [0.2, 0.25) is 0 Å². The fourth-order valence-corrected chi connectivity index (χ4v) is 3.69. The topological polar surface area (TPSA) is 60.0 Å². The zero-order valence-corrected chi connectivity index (χ0v) is 17.7. The summed E-state index contributed by atoms with van der Waals surface area (Å²) in [5.41, 5.74) is 1.84. The van der Waals surface area contributed by atoms with Crippen molar-refractivity contribution in [2.45, 2.75) is 13.0 Å². The molecule has 0 saturated carbocycles. The van der Waals surface area contributed by atoms with Crippen LogP contribution in [0.25, 0.3) is 0 Å². The van der Waals surface area contributed by atoms with Crippen LogP contribution in [-0.2, 0) is 11.3 Å². The molecule has 0 spiro atoms. The van der Waals surface area contributed by atoms with E-state index in [2.05, 4.69) is 37.6 Å². The van der Waals surface area contributed by atoms with E-state index in [1.807, 2.05) is 7.05 Å². The average Bonchev–Trinajstić information content (AvgIpc) is 3.03. The Kier molecular flexibility index (Phi) is 7.74. The van der Waals surface area contributed by atoms with Gasteiger partial charge in [0.15, 0.2) is 11.5 Å². The molecule has 0 fully saturated rings. The number of methoxy groups -OCH3 is 3. The first-order valence-electron chi connectivity index (χ1n) is 7.98. The SMILES string of the molecule is COc1cc(NC(=O)CCN(C)Cc2csc(Br)c2)cc(OC)c1OC. The van der Waals surface area contributed by atoms with Crippen molar-refractivity contribution in [3.8, 4) is 17.2 Å². The minimum atomic E-state index is -0.0716. The first-order valence-corrected chi connectivity index (χ1v) is 9.65. The highest BCUT2D eigenvalue weighted by molar-refractivity contribution is 9.11. The summed E-state index contributed by atoms with van der Waals surface area (Å²) in [5.74, 6) is 1.43. The van der Waals surface area contributed by atoms with Crippen molar-refractivity contribution < 1.29 is 19.0 Å². The highest BCUT2D eigenvalue weighted by atomic mass is 79.9. The number of hydrogen-bond acceptors (Lipinski definition) is 6. The van der Waals surface area contributed by atoms with Gasteiger partial charge in [0.1, 0.15) is 0 Å². The summed E-state index contributed by atoms with van der Waals surface area (Å²) in [6.07, 6.45) is 0.387. The van der Waals surface area contributed by atoms with E-state index < -0.39 is 0 Å². The van der Waals surface area contributed by atoms with Crippen molar-refractivity contribution in [2.24, 2.45) is 0 Å². The normalized spacial score (nSPS) is 10.7. The van der Waals surface area contributed by atoms with Gasteiger partial charge in [-0.1, -0.05) is 0 Å². The molecule has 0 radical (unpaired) electrons. The van der Waals surface area contributed by atoms with Crippen LogP contribution in [-0.4, -0.2) is 45.7 Å². The highest BCUT2D eigenvalue weighted by Crippen LogP contribution is 2.39. The molecule has 0 aliphatic carbocycles. The predicted molar refractivity (Wildman–Crippen MR) is 108 cm³/mol. The Morgan fingerprint density at radius 3 is 2.31 bits per heavy atom.